The Hall–Kier alpha value is -3.42. The van der Waals surface area contributed by atoms with E-state index in [4.69, 9.17) is 0 Å². The molecular formula is C41H45Si. The molecule has 4 aromatic carbocycles. The summed E-state index contributed by atoms with van der Waals surface area (Å²) in [5, 5.41) is 0. The Morgan fingerprint density at radius 2 is 0.905 bits per heavy atom. The molecule has 0 aromatic heterocycles. The third-order valence-corrected chi connectivity index (χ3v) is 12.6. The number of benzene rings is 4. The van der Waals surface area contributed by atoms with Gasteiger partial charge in [0.25, 0.3) is 0 Å². The highest BCUT2D eigenvalue weighted by Gasteiger charge is 2.41. The van der Waals surface area contributed by atoms with Crippen molar-refractivity contribution in [2.24, 2.45) is 0 Å². The summed E-state index contributed by atoms with van der Waals surface area (Å²) in [6, 6.07) is 32.7. The van der Waals surface area contributed by atoms with Crippen LogP contribution in [0.5, 0.6) is 0 Å². The van der Waals surface area contributed by atoms with Gasteiger partial charge in [0.05, 0.1) is 8.80 Å². The molecule has 0 N–H and O–H groups in total. The zero-order valence-corrected chi connectivity index (χ0v) is 27.9. The topological polar surface area (TPSA) is 0 Å². The zero-order valence-electron chi connectivity index (χ0n) is 26.9. The molecule has 0 heterocycles. The maximum absolute atomic E-state index is 2.60. The van der Waals surface area contributed by atoms with Gasteiger partial charge in [-0.1, -0.05) is 145 Å². The summed E-state index contributed by atoms with van der Waals surface area (Å²) < 4.78 is 0. The number of hydrogen-bond donors (Lipinski definition) is 0. The standard InChI is InChI=1S/C41H45Si/c1-26-22-30(40(3,4)5)18-20-32(26)36-24-28-14-10-12-16-34(28)38(36)42(9)39-35-17-13-11-15-29(35)25-37(39)33-21-19-31(23-27(33)2)41(6,7)8/h10-25,38-39H,1-9H3. The third-order valence-electron chi connectivity index (χ3n) is 9.58. The molecule has 213 valence electrons. The largest absolute Gasteiger partial charge is 0.0727 e. The first kappa shape index (κ1) is 28.7. The highest BCUT2D eigenvalue weighted by molar-refractivity contribution is 6.66. The predicted molar refractivity (Wildman–Crippen MR) is 185 cm³/mol. The Morgan fingerprint density at radius 1 is 0.524 bits per heavy atom. The number of rotatable bonds is 4. The molecule has 0 nitrogen and oxygen atoms in total. The van der Waals surface area contributed by atoms with Crippen LogP contribution in [-0.2, 0) is 10.8 Å². The summed E-state index contributed by atoms with van der Waals surface area (Å²) in [5.74, 6) is 0. The minimum atomic E-state index is -1.00. The third kappa shape index (κ3) is 4.96. The first-order chi connectivity index (χ1) is 19.8. The fourth-order valence-electron chi connectivity index (χ4n) is 7.17. The van der Waals surface area contributed by atoms with Crippen molar-refractivity contribution in [2.45, 2.75) is 83.8 Å². The molecule has 4 aromatic rings. The van der Waals surface area contributed by atoms with Crippen molar-refractivity contribution >= 4 is 32.1 Å². The van der Waals surface area contributed by atoms with Crippen LogP contribution in [0.1, 0.15) is 108 Å². The molecule has 0 amide bonds. The molecule has 6 rings (SSSR count). The van der Waals surface area contributed by atoms with E-state index in [1.165, 1.54) is 66.8 Å². The van der Waals surface area contributed by atoms with Gasteiger partial charge in [0.15, 0.2) is 0 Å². The lowest BCUT2D eigenvalue weighted by Crippen LogP contribution is -2.29. The van der Waals surface area contributed by atoms with Crippen LogP contribution in [0, 0.1) is 13.8 Å². The van der Waals surface area contributed by atoms with Gasteiger partial charge < -0.3 is 0 Å². The second-order valence-electron chi connectivity index (χ2n) is 14.6. The van der Waals surface area contributed by atoms with Gasteiger partial charge in [0, 0.05) is 11.1 Å². The van der Waals surface area contributed by atoms with E-state index < -0.39 is 8.80 Å². The highest BCUT2D eigenvalue weighted by atomic mass is 28.3. The number of hydrogen-bond acceptors (Lipinski definition) is 0. The number of aryl methyl sites for hydroxylation is 2. The smallest absolute Gasteiger partial charge is 0.0695 e. The van der Waals surface area contributed by atoms with E-state index in [1.54, 1.807) is 0 Å². The summed E-state index contributed by atoms with van der Waals surface area (Å²) in [4.78, 5) is 0. The summed E-state index contributed by atoms with van der Waals surface area (Å²) in [6.45, 7) is 21.1. The van der Waals surface area contributed by atoms with Crippen LogP contribution in [0.25, 0.3) is 23.3 Å². The highest BCUT2D eigenvalue weighted by Crippen LogP contribution is 2.52. The predicted octanol–water partition coefficient (Wildman–Crippen LogP) is 11.1. The van der Waals surface area contributed by atoms with Crippen molar-refractivity contribution < 1.29 is 0 Å². The second kappa shape index (κ2) is 10.4. The average Bonchev–Trinajstić information content (AvgIpc) is 3.50. The average molecular weight is 566 g/mol. The van der Waals surface area contributed by atoms with Crippen LogP contribution in [0.4, 0.5) is 0 Å². The first-order valence-electron chi connectivity index (χ1n) is 15.5. The molecule has 0 spiro atoms. The number of allylic oxidation sites excluding steroid dienone is 2. The molecule has 2 aliphatic carbocycles. The molecule has 0 fully saturated rings. The van der Waals surface area contributed by atoms with Crippen LogP contribution in [0.2, 0.25) is 6.55 Å². The molecule has 1 heteroatoms. The normalized spacial score (nSPS) is 18.1. The van der Waals surface area contributed by atoms with Gasteiger partial charge in [-0.2, -0.15) is 0 Å². The lowest BCUT2D eigenvalue weighted by atomic mass is 9.84. The first-order valence-corrected chi connectivity index (χ1v) is 17.7. The van der Waals surface area contributed by atoms with E-state index in [1.807, 2.05) is 0 Å². The zero-order chi connectivity index (χ0) is 30.0. The van der Waals surface area contributed by atoms with E-state index in [9.17, 15) is 0 Å². The summed E-state index contributed by atoms with van der Waals surface area (Å²) in [7, 11) is -1.00. The molecule has 0 saturated carbocycles. The fourth-order valence-corrected chi connectivity index (χ4v) is 10.5. The van der Waals surface area contributed by atoms with Gasteiger partial charge in [0.2, 0.25) is 0 Å². The molecule has 2 atom stereocenters. The van der Waals surface area contributed by atoms with Crippen molar-refractivity contribution in [2.75, 3.05) is 0 Å². The Balaban J connectivity index is 1.47. The number of fused-ring (bicyclic) bond motifs is 2. The molecule has 42 heavy (non-hydrogen) atoms. The minimum Gasteiger partial charge on any atom is -0.0695 e. The van der Waals surface area contributed by atoms with E-state index in [0.717, 1.165) is 0 Å². The Labute approximate surface area is 255 Å². The van der Waals surface area contributed by atoms with Crippen LogP contribution < -0.4 is 0 Å². The van der Waals surface area contributed by atoms with Gasteiger partial charge in [-0.3, -0.25) is 0 Å². The summed E-state index contributed by atoms with van der Waals surface area (Å²) >= 11 is 0. The van der Waals surface area contributed by atoms with Crippen molar-refractivity contribution in [3.8, 4) is 0 Å². The minimum absolute atomic E-state index is 0.142. The molecule has 2 aliphatic rings. The SMILES string of the molecule is Cc1cc(C(C)(C)C)ccc1C1=Cc2ccccc2C1[Si](C)C1C(c2ccc(C(C)(C)C)cc2C)=Cc2ccccc21. The van der Waals surface area contributed by atoms with E-state index >= 15 is 0 Å². The molecule has 2 unspecified atom stereocenters. The van der Waals surface area contributed by atoms with E-state index in [0.29, 0.717) is 11.1 Å². The van der Waals surface area contributed by atoms with Crippen molar-refractivity contribution in [1.82, 2.24) is 0 Å². The van der Waals surface area contributed by atoms with Crippen LogP contribution in [0.15, 0.2) is 84.9 Å². The van der Waals surface area contributed by atoms with Gasteiger partial charge in [-0.15, -0.1) is 0 Å². The Kier molecular flexibility index (Phi) is 7.09. The second-order valence-corrected chi connectivity index (χ2v) is 17.3. The van der Waals surface area contributed by atoms with Crippen molar-refractivity contribution in [3.05, 3.63) is 141 Å². The van der Waals surface area contributed by atoms with Crippen LogP contribution >= 0.6 is 0 Å². The van der Waals surface area contributed by atoms with Gasteiger partial charge in [-0.25, -0.2) is 0 Å². The summed E-state index contributed by atoms with van der Waals surface area (Å²) in [6.07, 6.45) is 5.00. The molecule has 1 radical (unpaired) electrons. The Bertz CT molecular complexity index is 1600. The quantitative estimate of drug-likeness (QED) is 0.216. The van der Waals surface area contributed by atoms with Crippen molar-refractivity contribution in [1.29, 1.82) is 0 Å². The van der Waals surface area contributed by atoms with Gasteiger partial charge >= 0.3 is 0 Å². The lowest BCUT2D eigenvalue weighted by molar-refractivity contribution is 0.589. The van der Waals surface area contributed by atoms with E-state index in [-0.39, 0.29) is 10.8 Å². The molecule has 0 aliphatic heterocycles. The fraction of sp³-hybridized carbons (Fsp3) is 0.317. The summed E-state index contributed by atoms with van der Waals surface area (Å²) in [5.41, 5.74) is 18.3. The Morgan fingerprint density at radius 3 is 1.26 bits per heavy atom. The van der Waals surface area contributed by atoms with E-state index in [2.05, 4.69) is 159 Å². The maximum atomic E-state index is 2.60. The molecule has 0 bridgehead atoms. The van der Waals surface area contributed by atoms with Crippen LogP contribution in [-0.4, -0.2) is 8.80 Å². The van der Waals surface area contributed by atoms with Gasteiger partial charge in [0.1, 0.15) is 0 Å². The molecular weight excluding hydrogens is 521 g/mol. The lowest BCUT2D eigenvalue weighted by Gasteiger charge is -2.32. The van der Waals surface area contributed by atoms with Crippen molar-refractivity contribution in [3.63, 3.8) is 0 Å². The monoisotopic (exact) mass is 565 g/mol. The van der Waals surface area contributed by atoms with Crippen LogP contribution in [0.3, 0.4) is 0 Å². The molecule has 0 saturated heterocycles. The van der Waals surface area contributed by atoms with Gasteiger partial charge in [-0.05, 0) is 91.5 Å². The maximum Gasteiger partial charge on any atom is 0.0727 e.